The molecule has 1 aliphatic heterocycles. The summed E-state index contributed by atoms with van der Waals surface area (Å²) in [6.07, 6.45) is 1.43. The maximum absolute atomic E-state index is 12.1. The summed E-state index contributed by atoms with van der Waals surface area (Å²) in [5.41, 5.74) is 0.743. The van der Waals surface area contributed by atoms with Crippen LogP contribution < -0.4 is 5.32 Å². The lowest BCUT2D eigenvalue weighted by Gasteiger charge is -2.23. The summed E-state index contributed by atoms with van der Waals surface area (Å²) >= 11 is 0. The van der Waals surface area contributed by atoms with Crippen LogP contribution in [0.25, 0.3) is 0 Å². The van der Waals surface area contributed by atoms with Gasteiger partial charge in [-0.25, -0.2) is 4.79 Å². The molecule has 1 heterocycles. The number of carboxylic acid groups (broad SMARTS) is 1. The Labute approximate surface area is 122 Å². The van der Waals surface area contributed by atoms with E-state index in [-0.39, 0.29) is 24.0 Å². The zero-order valence-corrected chi connectivity index (χ0v) is 11.6. The van der Waals surface area contributed by atoms with Gasteiger partial charge < -0.3 is 20.3 Å². The fourth-order valence-corrected chi connectivity index (χ4v) is 2.32. The van der Waals surface area contributed by atoms with Crippen LogP contribution in [-0.2, 0) is 20.7 Å². The van der Waals surface area contributed by atoms with E-state index in [4.69, 9.17) is 4.74 Å². The number of benzene rings is 1. The van der Waals surface area contributed by atoms with Gasteiger partial charge in [-0.1, -0.05) is 12.1 Å². The van der Waals surface area contributed by atoms with Crippen molar-refractivity contribution in [3.05, 3.63) is 29.8 Å². The van der Waals surface area contributed by atoms with Crippen LogP contribution in [0.1, 0.15) is 18.4 Å². The lowest BCUT2D eigenvalue weighted by atomic mass is 9.98. The van der Waals surface area contributed by atoms with Gasteiger partial charge in [-0.15, -0.1) is 0 Å². The molecule has 21 heavy (non-hydrogen) atoms. The second-order valence-corrected chi connectivity index (χ2v) is 5.16. The molecule has 0 radical (unpaired) electrons. The number of ether oxygens (including phenoxy) is 1. The second-order valence-electron chi connectivity index (χ2n) is 5.16. The normalized spacial score (nSPS) is 17.1. The van der Waals surface area contributed by atoms with E-state index in [1.807, 2.05) is 0 Å². The standard InChI is InChI=1S/C15H19NO5/c17-12-3-1-10(2-4-12)9-13(15(19)20)16-14(18)11-5-7-21-8-6-11/h1-4,11,13,17H,5-9H2,(H,16,18)(H,19,20)/t13-/m0/s1. The summed E-state index contributed by atoms with van der Waals surface area (Å²) in [6, 6.07) is 5.31. The van der Waals surface area contributed by atoms with Crippen molar-refractivity contribution in [1.29, 1.82) is 0 Å². The lowest BCUT2D eigenvalue weighted by molar-refractivity contribution is -0.143. The van der Waals surface area contributed by atoms with Gasteiger partial charge in [0.1, 0.15) is 11.8 Å². The molecule has 2 rings (SSSR count). The summed E-state index contributed by atoms with van der Waals surface area (Å²) in [5, 5.41) is 21.1. The number of carbonyl (C=O) groups is 2. The number of rotatable bonds is 5. The Balaban J connectivity index is 1.96. The summed E-state index contributed by atoms with van der Waals surface area (Å²) in [4.78, 5) is 23.4. The van der Waals surface area contributed by atoms with Crippen LogP contribution in [0.4, 0.5) is 0 Å². The Morgan fingerprint density at radius 3 is 2.43 bits per heavy atom. The van der Waals surface area contributed by atoms with Crippen LogP contribution in [0, 0.1) is 5.92 Å². The van der Waals surface area contributed by atoms with E-state index < -0.39 is 12.0 Å². The van der Waals surface area contributed by atoms with Crippen molar-refractivity contribution in [1.82, 2.24) is 5.32 Å². The zero-order chi connectivity index (χ0) is 15.2. The maximum Gasteiger partial charge on any atom is 0.326 e. The van der Waals surface area contributed by atoms with Crippen LogP contribution in [0.15, 0.2) is 24.3 Å². The lowest BCUT2D eigenvalue weighted by Crippen LogP contribution is -2.45. The van der Waals surface area contributed by atoms with Gasteiger partial charge in [0.2, 0.25) is 5.91 Å². The molecule has 1 aliphatic rings. The quantitative estimate of drug-likeness (QED) is 0.750. The van der Waals surface area contributed by atoms with Crippen LogP contribution in [0.3, 0.4) is 0 Å². The molecular formula is C15H19NO5. The number of aromatic hydroxyl groups is 1. The van der Waals surface area contributed by atoms with Crippen molar-refractivity contribution >= 4 is 11.9 Å². The van der Waals surface area contributed by atoms with Crippen molar-refractivity contribution in [3.63, 3.8) is 0 Å². The number of carbonyl (C=O) groups excluding carboxylic acids is 1. The molecule has 0 unspecified atom stereocenters. The molecule has 1 aromatic carbocycles. The Morgan fingerprint density at radius 1 is 1.24 bits per heavy atom. The number of aliphatic carboxylic acids is 1. The highest BCUT2D eigenvalue weighted by Crippen LogP contribution is 2.16. The van der Waals surface area contributed by atoms with Gasteiger partial charge in [-0.2, -0.15) is 0 Å². The average molecular weight is 293 g/mol. The first-order chi connectivity index (χ1) is 10.1. The monoisotopic (exact) mass is 293 g/mol. The largest absolute Gasteiger partial charge is 0.508 e. The van der Waals surface area contributed by atoms with Gasteiger partial charge >= 0.3 is 5.97 Å². The molecule has 1 amide bonds. The predicted molar refractivity (Wildman–Crippen MR) is 74.9 cm³/mol. The summed E-state index contributed by atoms with van der Waals surface area (Å²) < 4.78 is 5.19. The molecule has 0 spiro atoms. The number of nitrogens with one attached hydrogen (secondary N) is 1. The number of carboxylic acids is 1. The second kappa shape index (κ2) is 7.08. The van der Waals surface area contributed by atoms with E-state index in [2.05, 4.69) is 5.32 Å². The van der Waals surface area contributed by atoms with Gasteiger partial charge in [-0.3, -0.25) is 4.79 Å². The zero-order valence-electron chi connectivity index (χ0n) is 11.6. The van der Waals surface area contributed by atoms with Crippen molar-refractivity contribution in [2.75, 3.05) is 13.2 Å². The smallest absolute Gasteiger partial charge is 0.326 e. The minimum atomic E-state index is -1.07. The molecule has 1 fully saturated rings. The summed E-state index contributed by atoms with van der Waals surface area (Å²) in [6.45, 7) is 1.07. The molecule has 114 valence electrons. The molecular weight excluding hydrogens is 274 g/mol. The molecule has 6 nitrogen and oxygen atoms in total. The first-order valence-electron chi connectivity index (χ1n) is 6.95. The summed E-state index contributed by atoms with van der Waals surface area (Å²) in [5.74, 6) is -1.36. The van der Waals surface area contributed by atoms with Gasteiger partial charge in [0, 0.05) is 25.6 Å². The SMILES string of the molecule is O=C(N[C@@H](Cc1ccc(O)cc1)C(=O)O)C1CCOCC1. The fourth-order valence-electron chi connectivity index (χ4n) is 2.32. The Bertz CT molecular complexity index is 493. The third-order valence-corrected chi connectivity index (χ3v) is 3.58. The van der Waals surface area contributed by atoms with Crippen molar-refractivity contribution in [2.24, 2.45) is 5.92 Å². The van der Waals surface area contributed by atoms with Crippen LogP contribution in [-0.4, -0.2) is 41.3 Å². The highest BCUT2D eigenvalue weighted by molar-refractivity contribution is 5.85. The van der Waals surface area contributed by atoms with E-state index in [1.54, 1.807) is 12.1 Å². The predicted octanol–water partition coefficient (Wildman–Crippen LogP) is 0.931. The molecule has 6 heteroatoms. The molecule has 1 aromatic rings. The summed E-state index contributed by atoms with van der Waals surface area (Å²) in [7, 11) is 0. The molecule has 0 aromatic heterocycles. The van der Waals surface area contributed by atoms with Gasteiger partial charge in [-0.05, 0) is 30.5 Å². The van der Waals surface area contributed by atoms with Crippen LogP contribution in [0.2, 0.25) is 0 Å². The Morgan fingerprint density at radius 2 is 1.86 bits per heavy atom. The van der Waals surface area contributed by atoms with E-state index >= 15 is 0 Å². The van der Waals surface area contributed by atoms with Crippen molar-refractivity contribution < 1.29 is 24.5 Å². The average Bonchev–Trinajstić information content (AvgIpc) is 2.49. The van der Waals surface area contributed by atoms with Gasteiger partial charge in [0.25, 0.3) is 0 Å². The number of phenolic OH excluding ortho intramolecular Hbond substituents is 1. The molecule has 0 saturated carbocycles. The first-order valence-corrected chi connectivity index (χ1v) is 6.95. The fraction of sp³-hybridized carbons (Fsp3) is 0.467. The van der Waals surface area contributed by atoms with Gasteiger partial charge in [0.15, 0.2) is 0 Å². The highest BCUT2D eigenvalue weighted by Gasteiger charge is 2.26. The molecule has 0 bridgehead atoms. The Hall–Kier alpha value is -2.08. The molecule has 3 N–H and O–H groups in total. The topological polar surface area (TPSA) is 95.9 Å². The molecule has 1 saturated heterocycles. The van der Waals surface area contributed by atoms with Crippen LogP contribution >= 0.6 is 0 Å². The number of amides is 1. The van der Waals surface area contributed by atoms with E-state index in [0.717, 1.165) is 5.56 Å². The highest BCUT2D eigenvalue weighted by atomic mass is 16.5. The van der Waals surface area contributed by atoms with E-state index in [0.29, 0.717) is 26.1 Å². The van der Waals surface area contributed by atoms with Gasteiger partial charge in [0.05, 0.1) is 0 Å². The minimum absolute atomic E-state index is 0.122. The molecule has 1 atom stereocenters. The third-order valence-electron chi connectivity index (χ3n) is 3.58. The van der Waals surface area contributed by atoms with Crippen molar-refractivity contribution in [2.45, 2.75) is 25.3 Å². The minimum Gasteiger partial charge on any atom is -0.508 e. The number of hydrogen-bond acceptors (Lipinski definition) is 4. The van der Waals surface area contributed by atoms with E-state index in [1.165, 1.54) is 12.1 Å². The van der Waals surface area contributed by atoms with Crippen molar-refractivity contribution in [3.8, 4) is 5.75 Å². The maximum atomic E-state index is 12.1. The van der Waals surface area contributed by atoms with E-state index in [9.17, 15) is 19.8 Å². The number of hydrogen-bond donors (Lipinski definition) is 3. The molecule has 0 aliphatic carbocycles. The number of phenols is 1. The van der Waals surface area contributed by atoms with Crippen LogP contribution in [0.5, 0.6) is 5.75 Å². The third kappa shape index (κ3) is 4.46. The Kier molecular flexibility index (Phi) is 5.16. The first kappa shape index (κ1) is 15.3.